The highest BCUT2D eigenvalue weighted by Crippen LogP contribution is 2.12. The predicted octanol–water partition coefficient (Wildman–Crippen LogP) is 3.07. The lowest BCUT2D eigenvalue weighted by Gasteiger charge is -2.07. The number of ether oxygens (including phenoxy) is 1. The Morgan fingerprint density at radius 2 is 1.65 bits per heavy atom. The van der Waals surface area contributed by atoms with E-state index in [9.17, 15) is 9.59 Å². The van der Waals surface area contributed by atoms with E-state index in [0.717, 1.165) is 32.1 Å². The number of carbonyl (C=O) groups excluding carboxylic acids is 2. The molecule has 0 saturated carbocycles. The number of unbranched alkanes of at least 4 members (excludes halogenated alkanes) is 7. The predicted molar refractivity (Wildman–Crippen MR) is 95.0 cm³/mol. The molecule has 1 fully saturated rings. The van der Waals surface area contributed by atoms with Crippen LogP contribution in [0.15, 0.2) is 0 Å². The van der Waals surface area contributed by atoms with Crippen LogP contribution in [0.25, 0.3) is 0 Å². The van der Waals surface area contributed by atoms with E-state index < -0.39 is 0 Å². The number of esters is 1. The fourth-order valence-electron chi connectivity index (χ4n) is 2.51. The Balaban J connectivity index is 1.82. The summed E-state index contributed by atoms with van der Waals surface area (Å²) in [6.45, 7) is 4.26. The second-order valence-electron chi connectivity index (χ2n) is 6.45. The van der Waals surface area contributed by atoms with Gasteiger partial charge in [0.05, 0.1) is 12.5 Å². The van der Waals surface area contributed by atoms with Crippen LogP contribution in [0.4, 0.5) is 0 Å². The molecule has 1 saturated heterocycles. The van der Waals surface area contributed by atoms with Gasteiger partial charge in [-0.05, 0) is 25.1 Å². The summed E-state index contributed by atoms with van der Waals surface area (Å²) in [5.74, 6) is -0.125. The Morgan fingerprint density at radius 1 is 1.09 bits per heavy atom. The zero-order chi connectivity index (χ0) is 17.1. The summed E-state index contributed by atoms with van der Waals surface area (Å²) in [6.07, 6.45) is 10.0. The second-order valence-corrected chi connectivity index (χ2v) is 6.86. The molecule has 23 heavy (non-hydrogen) atoms. The summed E-state index contributed by atoms with van der Waals surface area (Å²) in [5.41, 5.74) is 0. The van der Waals surface area contributed by atoms with Crippen LogP contribution in [0.3, 0.4) is 0 Å². The first-order valence-corrected chi connectivity index (χ1v) is 9.19. The fourth-order valence-corrected chi connectivity index (χ4v) is 2.76. The molecule has 1 unspecified atom stereocenters. The zero-order valence-corrected chi connectivity index (χ0v) is 15.2. The van der Waals surface area contributed by atoms with Crippen LogP contribution in [0.5, 0.6) is 0 Å². The van der Waals surface area contributed by atoms with E-state index in [1.54, 1.807) is 0 Å². The van der Waals surface area contributed by atoms with Crippen molar-refractivity contribution < 1.29 is 14.3 Å². The van der Waals surface area contributed by atoms with E-state index in [2.05, 4.69) is 10.6 Å². The number of amides is 1. The topological polar surface area (TPSA) is 67.4 Å². The Kier molecular flexibility index (Phi) is 9.83. The van der Waals surface area contributed by atoms with Crippen molar-refractivity contribution in [3.63, 3.8) is 0 Å². The molecule has 0 spiro atoms. The molecule has 0 aliphatic carbocycles. The molecular weight excluding hydrogens is 312 g/mol. The molecule has 0 aromatic heterocycles. The summed E-state index contributed by atoms with van der Waals surface area (Å²) < 4.78 is 5.14. The van der Waals surface area contributed by atoms with Crippen LogP contribution in [0, 0.1) is 5.92 Å². The Labute approximate surface area is 144 Å². The van der Waals surface area contributed by atoms with Crippen LogP contribution >= 0.6 is 12.2 Å². The van der Waals surface area contributed by atoms with Crippen molar-refractivity contribution in [2.24, 2.45) is 5.92 Å². The van der Waals surface area contributed by atoms with Gasteiger partial charge in [0.2, 0.25) is 5.91 Å². The van der Waals surface area contributed by atoms with Gasteiger partial charge in [-0.2, -0.15) is 0 Å². The number of hydrogen-bond acceptors (Lipinski definition) is 4. The summed E-state index contributed by atoms with van der Waals surface area (Å²) in [7, 11) is 0. The molecule has 5 nitrogen and oxygen atoms in total. The third-order valence-electron chi connectivity index (χ3n) is 3.96. The molecule has 132 valence electrons. The van der Waals surface area contributed by atoms with Gasteiger partial charge in [-0.1, -0.05) is 58.8 Å². The number of hydrogen-bond donors (Lipinski definition) is 2. The minimum Gasteiger partial charge on any atom is -0.465 e. The largest absolute Gasteiger partial charge is 0.465 e. The molecule has 1 rings (SSSR count). The zero-order valence-electron chi connectivity index (χ0n) is 14.4. The van der Waals surface area contributed by atoms with Crippen LogP contribution < -0.4 is 10.6 Å². The first-order valence-electron chi connectivity index (χ1n) is 8.78. The molecule has 1 aliphatic heterocycles. The summed E-state index contributed by atoms with van der Waals surface area (Å²) in [6, 6.07) is -0.129. The van der Waals surface area contributed by atoms with Gasteiger partial charge < -0.3 is 15.4 Å². The molecular formula is C17H30N2O3S. The van der Waals surface area contributed by atoms with Gasteiger partial charge in [0.25, 0.3) is 0 Å². The molecule has 0 aromatic carbocycles. The molecule has 2 N–H and O–H groups in total. The van der Waals surface area contributed by atoms with Gasteiger partial charge >= 0.3 is 5.97 Å². The molecule has 1 atom stereocenters. The van der Waals surface area contributed by atoms with Gasteiger partial charge in [-0.25, -0.2) is 0 Å². The highest BCUT2D eigenvalue weighted by atomic mass is 32.1. The maximum absolute atomic E-state index is 11.5. The molecule has 0 radical (unpaired) electrons. The summed E-state index contributed by atoms with van der Waals surface area (Å²) in [5, 5.41) is 6.06. The molecule has 6 heteroatoms. The minimum atomic E-state index is -0.129. The van der Waals surface area contributed by atoms with Crippen LogP contribution in [0.2, 0.25) is 0 Å². The standard InChI is InChI=1S/C17H30N2O3S/c1-13(2)16(21)22-12-10-8-6-4-3-5-7-9-11-14-15(20)19-17(23)18-14/h13-14H,3-12H2,1-2H3,(H2,18,19,20,23). The molecule has 1 amide bonds. The third-order valence-corrected chi connectivity index (χ3v) is 4.18. The fraction of sp³-hybridized carbons (Fsp3) is 0.824. The first kappa shape index (κ1) is 19.9. The van der Waals surface area contributed by atoms with Gasteiger partial charge in [0.15, 0.2) is 5.11 Å². The van der Waals surface area contributed by atoms with E-state index in [4.69, 9.17) is 17.0 Å². The molecule has 0 aromatic rings. The van der Waals surface area contributed by atoms with Crippen molar-refractivity contribution >= 4 is 29.2 Å². The Hall–Kier alpha value is -1.17. The lowest BCUT2D eigenvalue weighted by atomic mass is 10.0. The lowest BCUT2D eigenvalue weighted by molar-refractivity contribution is -0.147. The van der Waals surface area contributed by atoms with Crippen molar-refractivity contribution in [1.82, 2.24) is 10.6 Å². The summed E-state index contributed by atoms with van der Waals surface area (Å²) >= 11 is 4.91. The van der Waals surface area contributed by atoms with E-state index in [1.807, 2.05) is 13.8 Å². The van der Waals surface area contributed by atoms with E-state index in [-0.39, 0.29) is 23.8 Å². The van der Waals surface area contributed by atoms with Crippen LogP contribution in [-0.2, 0) is 14.3 Å². The third kappa shape index (κ3) is 8.89. The quantitative estimate of drug-likeness (QED) is 0.324. The van der Waals surface area contributed by atoms with Gasteiger partial charge in [-0.3, -0.25) is 9.59 Å². The molecule has 0 bridgehead atoms. The molecule has 1 aliphatic rings. The maximum Gasteiger partial charge on any atom is 0.308 e. The van der Waals surface area contributed by atoms with Gasteiger partial charge in [0.1, 0.15) is 6.04 Å². The first-order chi connectivity index (χ1) is 11.0. The average molecular weight is 343 g/mol. The number of nitrogens with one attached hydrogen (secondary N) is 2. The van der Waals surface area contributed by atoms with Crippen LogP contribution in [-0.4, -0.2) is 29.6 Å². The number of rotatable bonds is 12. The van der Waals surface area contributed by atoms with E-state index in [0.29, 0.717) is 11.7 Å². The van der Waals surface area contributed by atoms with Crippen LogP contribution in [0.1, 0.15) is 71.6 Å². The minimum absolute atomic E-state index is 0.00756. The van der Waals surface area contributed by atoms with Crippen molar-refractivity contribution in [3.8, 4) is 0 Å². The monoisotopic (exact) mass is 342 g/mol. The second kappa shape index (κ2) is 11.4. The summed E-state index contributed by atoms with van der Waals surface area (Å²) in [4.78, 5) is 22.7. The van der Waals surface area contributed by atoms with Crippen molar-refractivity contribution in [3.05, 3.63) is 0 Å². The normalized spacial score (nSPS) is 17.3. The maximum atomic E-state index is 11.5. The van der Waals surface area contributed by atoms with Gasteiger partial charge in [0, 0.05) is 0 Å². The lowest BCUT2D eigenvalue weighted by Crippen LogP contribution is -2.28. The highest BCUT2D eigenvalue weighted by molar-refractivity contribution is 7.80. The van der Waals surface area contributed by atoms with E-state index in [1.165, 1.54) is 25.7 Å². The Morgan fingerprint density at radius 3 is 2.17 bits per heavy atom. The van der Waals surface area contributed by atoms with E-state index >= 15 is 0 Å². The van der Waals surface area contributed by atoms with Crippen molar-refractivity contribution in [1.29, 1.82) is 0 Å². The number of carbonyl (C=O) groups is 2. The highest BCUT2D eigenvalue weighted by Gasteiger charge is 2.25. The molecule has 1 heterocycles. The average Bonchev–Trinajstić information content (AvgIpc) is 2.82. The smallest absolute Gasteiger partial charge is 0.308 e. The Bertz CT molecular complexity index is 399. The van der Waals surface area contributed by atoms with Crippen molar-refractivity contribution in [2.45, 2.75) is 77.7 Å². The van der Waals surface area contributed by atoms with Gasteiger partial charge in [-0.15, -0.1) is 0 Å². The van der Waals surface area contributed by atoms with Crippen molar-refractivity contribution in [2.75, 3.05) is 6.61 Å². The SMILES string of the molecule is CC(C)C(=O)OCCCCCCCCCCC1NC(=S)NC1=O. The number of thiocarbonyl (C=S) groups is 1.